The van der Waals surface area contributed by atoms with Crippen LogP contribution < -0.4 is 5.73 Å². The highest BCUT2D eigenvalue weighted by Gasteiger charge is 2.38. The number of morpholine rings is 1. The van der Waals surface area contributed by atoms with Crippen LogP contribution in [0.2, 0.25) is 0 Å². The van der Waals surface area contributed by atoms with Crippen molar-refractivity contribution in [3.8, 4) is 0 Å². The van der Waals surface area contributed by atoms with Gasteiger partial charge in [-0.1, -0.05) is 0 Å². The number of ether oxygens (including phenoxy) is 1. The van der Waals surface area contributed by atoms with Gasteiger partial charge in [-0.25, -0.2) is 0 Å². The smallest absolute Gasteiger partial charge is 0.282 e. The van der Waals surface area contributed by atoms with E-state index in [4.69, 9.17) is 10.5 Å². The van der Waals surface area contributed by atoms with Crippen molar-refractivity contribution in [3.05, 3.63) is 0 Å². The molecule has 15 heavy (non-hydrogen) atoms. The number of nitrogens with two attached hydrogens (primary N) is 1. The molecule has 2 aliphatic heterocycles. The molecule has 0 bridgehead atoms. The summed E-state index contributed by atoms with van der Waals surface area (Å²) in [5, 5.41) is 0. The van der Waals surface area contributed by atoms with Gasteiger partial charge in [0.1, 0.15) is 0 Å². The van der Waals surface area contributed by atoms with Gasteiger partial charge >= 0.3 is 0 Å². The molecule has 0 atom stereocenters. The molecule has 7 heteroatoms. The Labute approximate surface area is 90.2 Å². The molecule has 2 aliphatic rings. The van der Waals surface area contributed by atoms with Crippen molar-refractivity contribution >= 4 is 10.2 Å². The van der Waals surface area contributed by atoms with Gasteiger partial charge in [0.05, 0.1) is 13.2 Å². The Morgan fingerprint density at radius 3 is 2.33 bits per heavy atom. The number of hydrogen-bond acceptors (Lipinski definition) is 4. The molecule has 0 aliphatic carbocycles. The van der Waals surface area contributed by atoms with Crippen molar-refractivity contribution in [2.75, 3.05) is 45.9 Å². The summed E-state index contributed by atoms with van der Waals surface area (Å²) in [7, 11) is -3.24. The van der Waals surface area contributed by atoms with E-state index in [0.29, 0.717) is 51.9 Å². The van der Waals surface area contributed by atoms with E-state index in [1.54, 1.807) is 0 Å². The van der Waals surface area contributed by atoms with E-state index in [1.807, 2.05) is 0 Å². The van der Waals surface area contributed by atoms with Gasteiger partial charge in [-0.2, -0.15) is 17.0 Å². The van der Waals surface area contributed by atoms with Gasteiger partial charge in [-0.05, 0) is 12.5 Å². The van der Waals surface area contributed by atoms with Crippen LogP contribution in [-0.4, -0.2) is 63.0 Å². The highest BCUT2D eigenvalue weighted by molar-refractivity contribution is 7.86. The Hall–Kier alpha value is -0.210. The van der Waals surface area contributed by atoms with Gasteiger partial charge in [0.25, 0.3) is 10.2 Å². The zero-order valence-electron chi connectivity index (χ0n) is 8.63. The Morgan fingerprint density at radius 1 is 1.20 bits per heavy atom. The molecule has 0 aromatic rings. The fraction of sp³-hybridized carbons (Fsp3) is 1.00. The SMILES string of the molecule is NCC1CN(S(=O)(=O)N2CCOCC2)C1. The summed E-state index contributed by atoms with van der Waals surface area (Å²) >= 11 is 0. The lowest BCUT2D eigenvalue weighted by Crippen LogP contribution is -2.58. The fourth-order valence-corrected chi connectivity index (χ4v) is 3.54. The second-order valence-electron chi connectivity index (χ2n) is 3.94. The normalized spacial score (nSPS) is 26.5. The van der Waals surface area contributed by atoms with Crippen LogP contribution in [0, 0.1) is 5.92 Å². The topological polar surface area (TPSA) is 75.9 Å². The zero-order chi connectivity index (χ0) is 10.9. The van der Waals surface area contributed by atoms with Crippen LogP contribution in [-0.2, 0) is 14.9 Å². The van der Waals surface area contributed by atoms with Gasteiger partial charge < -0.3 is 10.5 Å². The predicted molar refractivity (Wildman–Crippen MR) is 55.4 cm³/mol. The minimum atomic E-state index is -3.24. The first-order chi connectivity index (χ1) is 7.14. The standard InChI is InChI=1S/C8H17N3O3S/c9-5-8-6-11(7-8)15(12,13)10-1-3-14-4-2-10/h8H,1-7,9H2. The van der Waals surface area contributed by atoms with E-state index in [0.717, 1.165) is 0 Å². The number of nitrogens with zero attached hydrogens (tertiary/aromatic N) is 2. The molecule has 0 aromatic heterocycles. The van der Waals surface area contributed by atoms with Crippen molar-refractivity contribution in [2.45, 2.75) is 0 Å². The lowest BCUT2D eigenvalue weighted by atomic mass is 10.0. The van der Waals surface area contributed by atoms with Crippen molar-refractivity contribution < 1.29 is 13.2 Å². The van der Waals surface area contributed by atoms with Crippen LogP contribution in [0.1, 0.15) is 0 Å². The third-order valence-electron chi connectivity index (χ3n) is 2.88. The molecule has 2 fully saturated rings. The Bertz CT molecular complexity index is 307. The van der Waals surface area contributed by atoms with Crippen molar-refractivity contribution in [2.24, 2.45) is 11.7 Å². The summed E-state index contributed by atoms with van der Waals surface area (Å²) in [4.78, 5) is 0. The maximum absolute atomic E-state index is 12.0. The minimum Gasteiger partial charge on any atom is -0.379 e. The monoisotopic (exact) mass is 235 g/mol. The van der Waals surface area contributed by atoms with E-state index in [-0.39, 0.29) is 0 Å². The molecule has 2 N–H and O–H groups in total. The molecule has 0 unspecified atom stereocenters. The summed E-state index contributed by atoms with van der Waals surface area (Å²) in [6, 6.07) is 0. The van der Waals surface area contributed by atoms with Gasteiger partial charge in [0.2, 0.25) is 0 Å². The van der Waals surface area contributed by atoms with Crippen LogP contribution >= 0.6 is 0 Å². The van der Waals surface area contributed by atoms with Crippen LogP contribution in [0.15, 0.2) is 0 Å². The summed E-state index contributed by atoms with van der Waals surface area (Å²) in [5.41, 5.74) is 5.46. The fourth-order valence-electron chi connectivity index (χ4n) is 1.80. The molecule has 6 nitrogen and oxygen atoms in total. The average molecular weight is 235 g/mol. The Kier molecular flexibility index (Phi) is 3.27. The van der Waals surface area contributed by atoms with Gasteiger partial charge in [-0.3, -0.25) is 0 Å². The summed E-state index contributed by atoms with van der Waals surface area (Å²) in [5.74, 6) is 0.334. The number of rotatable bonds is 3. The Balaban J connectivity index is 1.95. The van der Waals surface area contributed by atoms with E-state index >= 15 is 0 Å². The third kappa shape index (κ3) is 2.16. The predicted octanol–water partition coefficient (Wildman–Crippen LogP) is -1.55. The van der Waals surface area contributed by atoms with E-state index in [9.17, 15) is 8.42 Å². The van der Waals surface area contributed by atoms with Crippen LogP contribution in [0.5, 0.6) is 0 Å². The zero-order valence-corrected chi connectivity index (χ0v) is 9.45. The molecule has 0 radical (unpaired) electrons. The largest absolute Gasteiger partial charge is 0.379 e. The van der Waals surface area contributed by atoms with Crippen molar-refractivity contribution in [3.63, 3.8) is 0 Å². The maximum Gasteiger partial charge on any atom is 0.282 e. The van der Waals surface area contributed by atoms with Crippen LogP contribution in [0.25, 0.3) is 0 Å². The summed E-state index contributed by atoms with van der Waals surface area (Å²) < 4.78 is 32.1. The second kappa shape index (κ2) is 4.34. The van der Waals surface area contributed by atoms with Gasteiger partial charge in [0.15, 0.2) is 0 Å². The molecular formula is C8H17N3O3S. The first-order valence-corrected chi connectivity index (χ1v) is 6.57. The summed E-state index contributed by atoms with van der Waals surface area (Å²) in [6.45, 7) is 3.61. The molecular weight excluding hydrogens is 218 g/mol. The molecule has 0 saturated carbocycles. The third-order valence-corrected chi connectivity index (χ3v) is 4.85. The summed E-state index contributed by atoms with van der Waals surface area (Å²) in [6.07, 6.45) is 0. The molecule has 0 amide bonds. The lowest BCUT2D eigenvalue weighted by Gasteiger charge is -2.41. The molecule has 88 valence electrons. The minimum absolute atomic E-state index is 0.334. The van der Waals surface area contributed by atoms with E-state index in [1.165, 1.54) is 8.61 Å². The van der Waals surface area contributed by atoms with E-state index in [2.05, 4.69) is 0 Å². The Morgan fingerprint density at radius 2 is 1.80 bits per heavy atom. The van der Waals surface area contributed by atoms with Crippen molar-refractivity contribution in [1.29, 1.82) is 0 Å². The molecule has 0 aromatic carbocycles. The van der Waals surface area contributed by atoms with Crippen LogP contribution in [0.4, 0.5) is 0 Å². The quantitative estimate of drug-likeness (QED) is 0.643. The highest BCUT2D eigenvalue weighted by Crippen LogP contribution is 2.21. The van der Waals surface area contributed by atoms with Gasteiger partial charge in [0, 0.05) is 26.2 Å². The second-order valence-corrected chi connectivity index (χ2v) is 5.87. The molecule has 2 heterocycles. The lowest BCUT2D eigenvalue weighted by molar-refractivity contribution is 0.0666. The molecule has 0 spiro atoms. The number of hydrogen-bond donors (Lipinski definition) is 1. The van der Waals surface area contributed by atoms with Crippen molar-refractivity contribution in [1.82, 2.24) is 8.61 Å². The highest BCUT2D eigenvalue weighted by atomic mass is 32.2. The molecule has 2 rings (SSSR count). The van der Waals surface area contributed by atoms with E-state index < -0.39 is 10.2 Å². The maximum atomic E-state index is 12.0. The first kappa shape index (κ1) is 11.3. The average Bonchev–Trinajstić information content (AvgIpc) is 2.17. The van der Waals surface area contributed by atoms with Crippen LogP contribution in [0.3, 0.4) is 0 Å². The molecule has 2 saturated heterocycles. The first-order valence-electron chi connectivity index (χ1n) is 5.17. The van der Waals surface area contributed by atoms with Gasteiger partial charge in [-0.15, -0.1) is 0 Å².